The molecule has 41 heavy (non-hydrogen) atoms. The number of hydrogen-bond donors (Lipinski definition) is 1. The highest BCUT2D eigenvalue weighted by Crippen LogP contribution is 2.30. The molecular weight excluding hydrogens is 583 g/mol. The maximum absolute atomic E-state index is 13.7. The summed E-state index contributed by atoms with van der Waals surface area (Å²) in [6.45, 7) is 6.28. The Labute approximate surface area is 254 Å². The second-order valence-electron chi connectivity index (χ2n) is 11.1. The van der Waals surface area contributed by atoms with Gasteiger partial charge in [-0.1, -0.05) is 35.3 Å². The summed E-state index contributed by atoms with van der Waals surface area (Å²) in [5, 5.41) is 0.883. The highest BCUT2D eigenvalue weighted by molar-refractivity contribution is 7.89. The number of anilines is 1. The van der Waals surface area contributed by atoms with Gasteiger partial charge in [0.2, 0.25) is 21.8 Å². The van der Waals surface area contributed by atoms with Crippen molar-refractivity contribution in [2.24, 2.45) is 11.8 Å². The number of hydrogen-bond acceptors (Lipinski definition) is 5. The van der Waals surface area contributed by atoms with E-state index in [1.54, 1.807) is 36.1 Å². The molecule has 2 saturated heterocycles. The molecule has 2 aromatic rings. The first-order chi connectivity index (χ1) is 19.6. The van der Waals surface area contributed by atoms with E-state index >= 15 is 0 Å². The van der Waals surface area contributed by atoms with Crippen LogP contribution >= 0.6 is 23.2 Å². The molecule has 2 fully saturated rings. The van der Waals surface area contributed by atoms with Crippen molar-refractivity contribution in [2.75, 3.05) is 51.2 Å². The Morgan fingerprint density at radius 1 is 0.951 bits per heavy atom. The van der Waals surface area contributed by atoms with Crippen molar-refractivity contribution in [3.05, 3.63) is 58.1 Å². The van der Waals surface area contributed by atoms with Crippen LogP contribution in [0.25, 0.3) is 0 Å². The number of amides is 2. The third-order valence-corrected chi connectivity index (χ3v) is 10.5. The summed E-state index contributed by atoms with van der Waals surface area (Å²) in [6.07, 6.45) is 5.27. The maximum Gasteiger partial charge on any atom is 0.240 e. The zero-order valence-corrected chi connectivity index (χ0v) is 26.1. The van der Waals surface area contributed by atoms with Gasteiger partial charge in [0.15, 0.2) is 0 Å². The van der Waals surface area contributed by atoms with Gasteiger partial charge in [-0.05, 0) is 107 Å². The van der Waals surface area contributed by atoms with Crippen LogP contribution in [-0.2, 0) is 26.0 Å². The van der Waals surface area contributed by atoms with Gasteiger partial charge in [-0.25, -0.2) is 13.1 Å². The highest BCUT2D eigenvalue weighted by atomic mass is 35.5. The van der Waals surface area contributed by atoms with Crippen LogP contribution in [-0.4, -0.2) is 76.3 Å². The van der Waals surface area contributed by atoms with Crippen LogP contribution < -0.4 is 9.62 Å². The van der Waals surface area contributed by atoms with Crippen molar-refractivity contribution in [1.82, 2.24) is 14.5 Å². The third kappa shape index (κ3) is 8.45. The van der Waals surface area contributed by atoms with E-state index in [2.05, 4.69) is 9.62 Å². The topological polar surface area (TPSA) is 90.0 Å². The molecule has 11 heteroatoms. The van der Waals surface area contributed by atoms with Crippen molar-refractivity contribution in [1.29, 1.82) is 0 Å². The van der Waals surface area contributed by atoms with Crippen LogP contribution in [0.2, 0.25) is 10.0 Å². The number of nitrogens with zero attached hydrogens (tertiary/aromatic N) is 3. The van der Waals surface area contributed by atoms with E-state index in [0.29, 0.717) is 48.4 Å². The Bertz CT molecular complexity index is 1310. The number of sulfonamides is 1. The summed E-state index contributed by atoms with van der Waals surface area (Å²) < 4.78 is 26.3. The Morgan fingerprint density at radius 2 is 1.61 bits per heavy atom. The zero-order valence-electron chi connectivity index (χ0n) is 23.8. The number of carbonyl (C=O) groups excluding carboxylic acids is 2. The number of halogens is 2. The molecule has 0 radical (unpaired) electrons. The van der Waals surface area contributed by atoms with E-state index in [1.807, 2.05) is 23.1 Å². The summed E-state index contributed by atoms with van der Waals surface area (Å²) >= 11 is 12.5. The molecule has 1 N–H and O–H groups in total. The minimum atomic E-state index is -3.42. The van der Waals surface area contributed by atoms with Gasteiger partial charge in [-0.15, -0.1) is 0 Å². The summed E-state index contributed by atoms with van der Waals surface area (Å²) in [7, 11) is -2.00. The Hall–Kier alpha value is -2.17. The number of benzene rings is 2. The lowest BCUT2D eigenvalue weighted by molar-refractivity contribution is -0.133. The highest BCUT2D eigenvalue weighted by Gasteiger charge is 2.30. The van der Waals surface area contributed by atoms with Crippen LogP contribution in [0.15, 0.2) is 47.4 Å². The monoisotopic (exact) mass is 622 g/mol. The van der Waals surface area contributed by atoms with Gasteiger partial charge in [0.05, 0.1) is 14.9 Å². The fourth-order valence-corrected chi connectivity index (χ4v) is 6.83. The van der Waals surface area contributed by atoms with Crippen molar-refractivity contribution >= 4 is 50.7 Å². The molecule has 4 rings (SSSR count). The molecular formula is C30H40Cl2N4O4S. The Kier molecular flexibility index (Phi) is 11.1. The third-order valence-electron chi connectivity index (χ3n) is 8.36. The molecule has 2 aliphatic heterocycles. The van der Waals surface area contributed by atoms with Crippen molar-refractivity contribution in [2.45, 2.75) is 50.3 Å². The average Bonchev–Trinajstić information content (AvgIpc) is 2.98. The van der Waals surface area contributed by atoms with Crippen LogP contribution in [0.3, 0.4) is 0 Å². The van der Waals surface area contributed by atoms with Gasteiger partial charge in [-0.3, -0.25) is 9.59 Å². The molecule has 2 aromatic carbocycles. The number of rotatable bonds is 10. The first-order valence-electron chi connectivity index (χ1n) is 14.3. The van der Waals surface area contributed by atoms with Gasteiger partial charge in [0.1, 0.15) is 0 Å². The van der Waals surface area contributed by atoms with Gasteiger partial charge < -0.3 is 14.7 Å². The van der Waals surface area contributed by atoms with Gasteiger partial charge >= 0.3 is 0 Å². The lowest BCUT2D eigenvalue weighted by Crippen LogP contribution is -2.45. The summed E-state index contributed by atoms with van der Waals surface area (Å²) in [4.78, 5) is 31.8. The summed E-state index contributed by atoms with van der Waals surface area (Å²) in [6, 6.07) is 12.5. The van der Waals surface area contributed by atoms with E-state index in [1.165, 1.54) is 7.05 Å². The average molecular weight is 624 g/mol. The molecule has 0 aliphatic carbocycles. The van der Waals surface area contributed by atoms with Crippen LogP contribution in [0, 0.1) is 11.8 Å². The van der Waals surface area contributed by atoms with Gasteiger partial charge in [0.25, 0.3) is 0 Å². The molecule has 0 bridgehead atoms. The molecule has 0 aromatic heterocycles. The molecule has 2 amide bonds. The van der Waals surface area contributed by atoms with E-state index in [0.717, 1.165) is 56.6 Å². The number of piperidine rings is 2. The van der Waals surface area contributed by atoms with Crippen molar-refractivity contribution in [3.8, 4) is 0 Å². The molecule has 2 heterocycles. The molecule has 0 unspecified atom stereocenters. The second-order valence-corrected chi connectivity index (χ2v) is 13.8. The minimum Gasteiger partial charge on any atom is -0.343 e. The van der Waals surface area contributed by atoms with Crippen LogP contribution in [0.4, 0.5) is 5.69 Å². The first kappa shape index (κ1) is 31.8. The molecule has 0 atom stereocenters. The lowest BCUT2D eigenvalue weighted by atomic mass is 9.90. The molecule has 0 saturated carbocycles. The largest absolute Gasteiger partial charge is 0.343 e. The van der Waals surface area contributed by atoms with Gasteiger partial charge in [0, 0.05) is 38.2 Å². The molecule has 224 valence electrons. The first-order valence-corrected chi connectivity index (χ1v) is 16.6. The van der Waals surface area contributed by atoms with E-state index in [-0.39, 0.29) is 22.6 Å². The minimum absolute atomic E-state index is 0.0545. The van der Waals surface area contributed by atoms with Crippen LogP contribution in [0.5, 0.6) is 0 Å². The normalized spacial score (nSPS) is 17.5. The Morgan fingerprint density at radius 3 is 2.20 bits per heavy atom. The summed E-state index contributed by atoms with van der Waals surface area (Å²) in [5.74, 6) is 0.578. The SMILES string of the molecule is CNS(=O)(=O)c1ccc(CC2CCN(CCCN(C(=O)C3CCN(C(C)=O)CC3)c3ccc(Cl)c(Cl)c3)CC2)cc1. The molecule has 8 nitrogen and oxygen atoms in total. The number of nitrogens with one attached hydrogen (secondary N) is 1. The van der Waals surface area contributed by atoms with E-state index in [9.17, 15) is 18.0 Å². The quantitative estimate of drug-likeness (QED) is 0.410. The standard InChI is InChI=1S/C30H40Cl2N4O4S/c1-22(37)35-18-12-25(13-19-35)30(38)36(26-6-9-28(31)29(32)21-26)15-3-14-34-16-10-24(11-17-34)20-23-4-7-27(8-5-23)41(39,40)33-2/h4-9,21,24-25,33H,3,10-20H2,1-2H3. The lowest BCUT2D eigenvalue weighted by Gasteiger charge is -2.35. The number of carbonyl (C=O) groups is 2. The number of likely N-dealkylation sites (tertiary alicyclic amines) is 2. The predicted octanol–water partition coefficient (Wildman–Crippen LogP) is 4.84. The maximum atomic E-state index is 13.7. The van der Waals surface area contributed by atoms with Gasteiger partial charge in [-0.2, -0.15) is 0 Å². The Balaban J connectivity index is 1.29. The fraction of sp³-hybridized carbons (Fsp3) is 0.533. The van der Waals surface area contributed by atoms with Crippen molar-refractivity contribution in [3.63, 3.8) is 0 Å². The smallest absolute Gasteiger partial charge is 0.240 e. The zero-order chi connectivity index (χ0) is 29.6. The van der Waals surface area contributed by atoms with Crippen molar-refractivity contribution < 1.29 is 18.0 Å². The summed E-state index contributed by atoms with van der Waals surface area (Å²) in [5.41, 5.74) is 1.91. The molecule has 0 spiro atoms. The van der Waals surface area contributed by atoms with E-state index in [4.69, 9.17) is 23.2 Å². The predicted molar refractivity (Wildman–Crippen MR) is 164 cm³/mol. The van der Waals surface area contributed by atoms with Crippen LogP contribution in [0.1, 0.15) is 44.6 Å². The van der Waals surface area contributed by atoms with E-state index < -0.39 is 10.0 Å². The fourth-order valence-electron chi connectivity index (χ4n) is 5.80. The second kappa shape index (κ2) is 14.3. The molecule has 2 aliphatic rings.